The lowest BCUT2D eigenvalue weighted by Gasteiger charge is -2.23. The van der Waals surface area contributed by atoms with Crippen LogP contribution in [-0.4, -0.2) is 43.9 Å². The Morgan fingerprint density at radius 1 is 1.47 bits per heavy atom. The fraction of sp³-hybridized carbons (Fsp3) is 0.929. The molecule has 1 aliphatic heterocycles. The van der Waals surface area contributed by atoms with Gasteiger partial charge in [0, 0.05) is 19.8 Å². The minimum Gasteiger partial charge on any atom is -0.379 e. The number of hydrogen-bond donors (Lipinski definition) is 2. The van der Waals surface area contributed by atoms with Crippen LogP contribution in [0.3, 0.4) is 0 Å². The summed E-state index contributed by atoms with van der Waals surface area (Å²) in [6, 6.07) is 0. The van der Waals surface area contributed by atoms with Gasteiger partial charge in [-0.25, -0.2) is 0 Å². The number of carbonyl (C=O) groups excluding carboxylic acids is 1. The zero-order chi connectivity index (χ0) is 13.7. The Kier molecular flexibility index (Phi) is 5.19. The van der Waals surface area contributed by atoms with Crippen molar-refractivity contribution in [3.05, 3.63) is 0 Å². The van der Waals surface area contributed by atoms with Crippen LogP contribution >= 0.6 is 0 Å². The summed E-state index contributed by atoms with van der Waals surface area (Å²) in [5, 5.41) is 2.90. The zero-order valence-corrected chi connectivity index (χ0v) is 11.8. The highest BCUT2D eigenvalue weighted by molar-refractivity contribution is 5.86. The quantitative estimate of drug-likeness (QED) is 0.640. The Balaban J connectivity index is 1.48. The van der Waals surface area contributed by atoms with Gasteiger partial charge in [0.25, 0.3) is 0 Å². The van der Waals surface area contributed by atoms with Crippen molar-refractivity contribution in [2.75, 3.05) is 26.4 Å². The van der Waals surface area contributed by atoms with E-state index in [1.807, 2.05) is 6.92 Å². The molecular weight excluding hydrogens is 244 g/mol. The molecule has 2 unspecified atom stereocenters. The third kappa shape index (κ3) is 4.44. The largest absolute Gasteiger partial charge is 0.379 e. The third-order valence-electron chi connectivity index (χ3n) is 3.99. The minimum absolute atomic E-state index is 0.0332. The van der Waals surface area contributed by atoms with Gasteiger partial charge < -0.3 is 20.5 Å². The molecule has 0 aromatic carbocycles. The highest BCUT2D eigenvalue weighted by Crippen LogP contribution is 2.38. The average Bonchev–Trinajstić information content (AvgIpc) is 3.13. The Hall–Kier alpha value is -0.650. The van der Waals surface area contributed by atoms with Gasteiger partial charge in [0.05, 0.1) is 18.2 Å². The molecule has 5 heteroatoms. The Labute approximate surface area is 115 Å². The molecule has 1 heterocycles. The summed E-state index contributed by atoms with van der Waals surface area (Å²) in [5.41, 5.74) is 5.33. The molecule has 1 saturated heterocycles. The van der Waals surface area contributed by atoms with Crippen LogP contribution in [0.1, 0.15) is 39.0 Å². The first kappa shape index (κ1) is 14.8. The van der Waals surface area contributed by atoms with Crippen LogP contribution in [0.5, 0.6) is 0 Å². The third-order valence-corrected chi connectivity index (χ3v) is 3.99. The molecule has 3 N–H and O–H groups in total. The number of nitrogens with two attached hydrogens (primary N) is 1. The Morgan fingerprint density at radius 3 is 2.89 bits per heavy atom. The van der Waals surface area contributed by atoms with E-state index in [1.54, 1.807) is 0 Å². The number of amides is 1. The fourth-order valence-corrected chi connectivity index (χ4v) is 2.43. The summed E-state index contributed by atoms with van der Waals surface area (Å²) in [6.07, 6.45) is 5.48. The van der Waals surface area contributed by atoms with Crippen molar-refractivity contribution >= 4 is 5.91 Å². The lowest BCUT2D eigenvalue weighted by molar-refractivity contribution is -0.126. The first-order valence-electron chi connectivity index (χ1n) is 7.37. The highest BCUT2D eigenvalue weighted by Gasteiger charge is 2.43. The average molecular weight is 270 g/mol. The van der Waals surface area contributed by atoms with E-state index >= 15 is 0 Å². The summed E-state index contributed by atoms with van der Waals surface area (Å²) < 4.78 is 11.0. The van der Waals surface area contributed by atoms with Crippen molar-refractivity contribution in [2.45, 2.75) is 50.7 Å². The van der Waals surface area contributed by atoms with Crippen molar-refractivity contribution in [1.29, 1.82) is 0 Å². The maximum absolute atomic E-state index is 11.9. The SMILES string of the molecule is CC(N)(C(=O)NCCCOCC1CCCO1)C1CC1. The molecule has 2 atom stereocenters. The summed E-state index contributed by atoms with van der Waals surface area (Å²) in [5.74, 6) is 0.331. The van der Waals surface area contributed by atoms with Gasteiger partial charge in [0.15, 0.2) is 0 Å². The lowest BCUT2D eigenvalue weighted by Crippen LogP contribution is -2.53. The van der Waals surface area contributed by atoms with E-state index in [9.17, 15) is 4.79 Å². The topological polar surface area (TPSA) is 73.6 Å². The number of nitrogens with one attached hydrogen (secondary N) is 1. The van der Waals surface area contributed by atoms with E-state index in [1.165, 1.54) is 0 Å². The van der Waals surface area contributed by atoms with Crippen LogP contribution in [0.15, 0.2) is 0 Å². The molecule has 110 valence electrons. The molecule has 0 aromatic heterocycles. The minimum atomic E-state index is -0.696. The van der Waals surface area contributed by atoms with Gasteiger partial charge in [0.1, 0.15) is 0 Å². The second-order valence-electron chi connectivity index (χ2n) is 5.88. The standard InChI is InChI=1S/C14H26N2O3/c1-14(15,11-5-6-11)13(17)16-7-3-8-18-10-12-4-2-9-19-12/h11-12H,2-10,15H2,1H3,(H,16,17). The molecular formula is C14H26N2O3. The molecule has 2 aliphatic rings. The lowest BCUT2D eigenvalue weighted by atomic mass is 9.96. The predicted octanol–water partition coefficient (Wildman–Crippen LogP) is 0.816. The maximum Gasteiger partial charge on any atom is 0.240 e. The van der Waals surface area contributed by atoms with E-state index in [-0.39, 0.29) is 12.0 Å². The van der Waals surface area contributed by atoms with Gasteiger partial charge in [-0.15, -0.1) is 0 Å². The zero-order valence-electron chi connectivity index (χ0n) is 11.8. The normalized spacial score (nSPS) is 26.1. The first-order valence-corrected chi connectivity index (χ1v) is 7.37. The maximum atomic E-state index is 11.9. The highest BCUT2D eigenvalue weighted by atomic mass is 16.5. The second-order valence-corrected chi connectivity index (χ2v) is 5.88. The molecule has 0 aromatic rings. The van der Waals surface area contributed by atoms with Crippen LogP contribution in [0.2, 0.25) is 0 Å². The molecule has 19 heavy (non-hydrogen) atoms. The van der Waals surface area contributed by atoms with Gasteiger partial charge in [-0.05, 0) is 44.9 Å². The number of rotatable bonds is 8. The molecule has 1 amide bonds. The summed E-state index contributed by atoms with van der Waals surface area (Å²) >= 11 is 0. The van der Waals surface area contributed by atoms with E-state index in [2.05, 4.69) is 5.32 Å². The molecule has 1 saturated carbocycles. The van der Waals surface area contributed by atoms with Crippen molar-refractivity contribution in [3.8, 4) is 0 Å². The second kappa shape index (κ2) is 6.68. The molecule has 0 bridgehead atoms. The Morgan fingerprint density at radius 2 is 2.26 bits per heavy atom. The van der Waals surface area contributed by atoms with E-state index in [0.717, 1.165) is 38.7 Å². The summed E-state index contributed by atoms with van der Waals surface area (Å²) in [4.78, 5) is 11.9. The van der Waals surface area contributed by atoms with Crippen molar-refractivity contribution in [1.82, 2.24) is 5.32 Å². The molecule has 2 fully saturated rings. The van der Waals surface area contributed by atoms with Crippen molar-refractivity contribution < 1.29 is 14.3 Å². The van der Waals surface area contributed by atoms with Crippen LogP contribution in [0.25, 0.3) is 0 Å². The van der Waals surface area contributed by atoms with Crippen LogP contribution in [0.4, 0.5) is 0 Å². The first-order chi connectivity index (χ1) is 9.10. The molecule has 0 radical (unpaired) electrons. The smallest absolute Gasteiger partial charge is 0.240 e. The monoisotopic (exact) mass is 270 g/mol. The van der Waals surface area contributed by atoms with E-state index < -0.39 is 5.54 Å². The summed E-state index contributed by atoms with van der Waals surface area (Å²) in [6.45, 7) is 4.65. The summed E-state index contributed by atoms with van der Waals surface area (Å²) in [7, 11) is 0. The van der Waals surface area contributed by atoms with Gasteiger partial charge in [-0.3, -0.25) is 4.79 Å². The van der Waals surface area contributed by atoms with Gasteiger partial charge in [-0.2, -0.15) is 0 Å². The van der Waals surface area contributed by atoms with Gasteiger partial charge >= 0.3 is 0 Å². The molecule has 5 nitrogen and oxygen atoms in total. The van der Waals surface area contributed by atoms with E-state index in [0.29, 0.717) is 25.7 Å². The number of ether oxygens (including phenoxy) is 2. The molecule has 2 rings (SSSR count). The van der Waals surface area contributed by atoms with E-state index in [4.69, 9.17) is 15.2 Å². The molecule has 1 aliphatic carbocycles. The molecule has 0 spiro atoms. The fourth-order valence-electron chi connectivity index (χ4n) is 2.43. The van der Waals surface area contributed by atoms with Crippen LogP contribution < -0.4 is 11.1 Å². The van der Waals surface area contributed by atoms with Gasteiger partial charge in [-0.1, -0.05) is 0 Å². The van der Waals surface area contributed by atoms with Crippen molar-refractivity contribution in [2.24, 2.45) is 11.7 Å². The Bertz CT molecular complexity index is 297. The van der Waals surface area contributed by atoms with Gasteiger partial charge in [0.2, 0.25) is 5.91 Å². The number of carbonyl (C=O) groups is 1. The predicted molar refractivity (Wildman–Crippen MR) is 72.7 cm³/mol. The van der Waals surface area contributed by atoms with Crippen LogP contribution in [-0.2, 0) is 14.3 Å². The van der Waals surface area contributed by atoms with Crippen LogP contribution in [0, 0.1) is 5.92 Å². The van der Waals surface area contributed by atoms with Crippen molar-refractivity contribution in [3.63, 3.8) is 0 Å². The number of hydrogen-bond acceptors (Lipinski definition) is 4.